The molecule has 0 fully saturated rings. The number of carbonyl (C=O) groups is 2. The van der Waals surface area contributed by atoms with E-state index in [-0.39, 0.29) is 16.3 Å². The number of rotatable bonds is 4. The van der Waals surface area contributed by atoms with Crippen LogP contribution in [0.2, 0.25) is 15.1 Å². The molecule has 3 rings (SSSR count). The number of halogens is 3. The third kappa shape index (κ3) is 4.02. The van der Waals surface area contributed by atoms with Crippen molar-refractivity contribution < 1.29 is 19.1 Å². The second-order valence-corrected chi connectivity index (χ2v) is 6.56. The van der Waals surface area contributed by atoms with Gasteiger partial charge in [-0.05, 0) is 48.5 Å². The summed E-state index contributed by atoms with van der Waals surface area (Å²) in [5.74, 6) is -1.17. The van der Waals surface area contributed by atoms with E-state index in [4.69, 9.17) is 44.3 Å². The van der Waals surface area contributed by atoms with E-state index in [2.05, 4.69) is 5.32 Å². The highest BCUT2D eigenvalue weighted by Gasteiger charge is 2.15. The van der Waals surface area contributed by atoms with Crippen LogP contribution in [0.15, 0.2) is 52.9 Å². The Kier molecular flexibility index (Phi) is 5.23. The van der Waals surface area contributed by atoms with Crippen molar-refractivity contribution in [1.29, 1.82) is 0 Å². The van der Waals surface area contributed by atoms with Crippen molar-refractivity contribution in [2.75, 3.05) is 5.32 Å². The van der Waals surface area contributed by atoms with E-state index in [1.807, 2.05) is 0 Å². The van der Waals surface area contributed by atoms with Gasteiger partial charge in [-0.15, -0.1) is 0 Å². The minimum absolute atomic E-state index is 0.0176. The highest BCUT2D eigenvalue weighted by molar-refractivity contribution is 6.35. The molecular formula is C18H10Cl3NO4. The van der Waals surface area contributed by atoms with Gasteiger partial charge in [0.2, 0.25) is 0 Å². The molecule has 0 saturated carbocycles. The van der Waals surface area contributed by atoms with Crippen molar-refractivity contribution in [3.05, 3.63) is 74.9 Å². The summed E-state index contributed by atoms with van der Waals surface area (Å²) in [5, 5.41) is 12.5. The number of nitrogens with one attached hydrogen (secondary N) is 1. The van der Waals surface area contributed by atoms with Crippen molar-refractivity contribution >= 4 is 52.4 Å². The molecular weight excluding hydrogens is 401 g/mol. The van der Waals surface area contributed by atoms with Gasteiger partial charge in [-0.25, -0.2) is 4.79 Å². The molecule has 2 aromatic carbocycles. The molecule has 5 nitrogen and oxygen atoms in total. The summed E-state index contributed by atoms with van der Waals surface area (Å²) in [4.78, 5) is 23.3. The molecule has 0 aliphatic carbocycles. The standard InChI is InChI=1S/C18H10Cl3NO4/c19-10-5-9(6-11(20)7-10)15-3-4-16(26-15)17(23)22-12-1-2-13(18(24)25)14(21)8-12/h1-8H,(H,22,23)(H,24,25). The van der Waals surface area contributed by atoms with E-state index in [9.17, 15) is 9.59 Å². The van der Waals surface area contributed by atoms with Crippen LogP contribution in [0, 0.1) is 0 Å². The van der Waals surface area contributed by atoms with Crippen LogP contribution in [0.4, 0.5) is 5.69 Å². The van der Waals surface area contributed by atoms with Gasteiger partial charge in [-0.2, -0.15) is 0 Å². The first-order valence-corrected chi connectivity index (χ1v) is 8.37. The lowest BCUT2D eigenvalue weighted by atomic mass is 10.2. The lowest BCUT2D eigenvalue weighted by Crippen LogP contribution is -2.11. The van der Waals surface area contributed by atoms with E-state index < -0.39 is 11.9 Å². The van der Waals surface area contributed by atoms with Crippen LogP contribution in [0.1, 0.15) is 20.9 Å². The second-order valence-electron chi connectivity index (χ2n) is 5.28. The third-order valence-electron chi connectivity index (χ3n) is 3.43. The maximum atomic E-state index is 12.3. The Morgan fingerprint density at radius 2 is 1.62 bits per heavy atom. The average Bonchev–Trinajstić information content (AvgIpc) is 3.03. The first kappa shape index (κ1) is 18.3. The molecule has 8 heteroatoms. The molecule has 26 heavy (non-hydrogen) atoms. The van der Waals surface area contributed by atoms with Crippen molar-refractivity contribution in [3.8, 4) is 11.3 Å². The van der Waals surface area contributed by atoms with Gasteiger partial charge < -0.3 is 14.8 Å². The number of benzene rings is 2. The monoisotopic (exact) mass is 409 g/mol. The van der Waals surface area contributed by atoms with Crippen LogP contribution in [0.25, 0.3) is 11.3 Å². The Morgan fingerprint density at radius 3 is 2.23 bits per heavy atom. The molecule has 0 spiro atoms. The smallest absolute Gasteiger partial charge is 0.337 e. The molecule has 0 unspecified atom stereocenters. The number of carboxylic acid groups (broad SMARTS) is 1. The van der Waals surface area contributed by atoms with Gasteiger partial charge in [0.15, 0.2) is 5.76 Å². The molecule has 1 aromatic heterocycles. The number of amides is 1. The van der Waals surface area contributed by atoms with Gasteiger partial charge in [-0.3, -0.25) is 4.79 Å². The molecule has 0 bridgehead atoms. The number of hydrogen-bond acceptors (Lipinski definition) is 3. The Bertz CT molecular complexity index is 993. The quantitative estimate of drug-likeness (QED) is 0.565. The Labute approximate surface area is 163 Å². The maximum Gasteiger partial charge on any atom is 0.337 e. The van der Waals surface area contributed by atoms with Gasteiger partial charge in [0.25, 0.3) is 5.91 Å². The molecule has 0 saturated heterocycles. The molecule has 3 aromatic rings. The number of carbonyl (C=O) groups excluding carboxylic acids is 1. The summed E-state index contributed by atoms with van der Waals surface area (Å²) in [7, 11) is 0. The minimum Gasteiger partial charge on any atom is -0.478 e. The Balaban J connectivity index is 1.80. The van der Waals surface area contributed by atoms with Crippen molar-refractivity contribution in [3.63, 3.8) is 0 Å². The van der Waals surface area contributed by atoms with Gasteiger partial charge >= 0.3 is 5.97 Å². The summed E-state index contributed by atoms with van der Waals surface area (Å²) in [6.07, 6.45) is 0. The number of carboxylic acids is 1. The van der Waals surface area contributed by atoms with E-state index in [0.717, 1.165) is 0 Å². The largest absolute Gasteiger partial charge is 0.478 e. The topological polar surface area (TPSA) is 79.5 Å². The van der Waals surface area contributed by atoms with Gasteiger partial charge in [-0.1, -0.05) is 34.8 Å². The molecule has 0 atom stereocenters. The maximum absolute atomic E-state index is 12.3. The molecule has 1 heterocycles. The highest BCUT2D eigenvalue weighted by atomic mass is 35.5. The van der Waals surface area contributed by atoms with E-state index in [0.29, 0.717) is 27.1 Å². The SMILES string of the molecule is O=C(Nc1ccc(C(=O)O)c(Cl)c1)c1ccc(-c2cc(Cl)cc(Cl)c2)o1. The van der Waals surface area contributed by atoms with E-state index in [1.165, 1.54) is 24.3 Å². The summed E-state index contributed by atoms with van der Waals surface area (Å²) in [5.41, 5.74) is 0.923. The van der Waals surface area contributed by atoms with Crippen LogP contribution in [-0.4, -0.2) is 17.0 Å². The molecule has 0 radical (unpaired) electrons. The Hall–Kier alpha value is -2.47. The lowest BCUT2D eigenvalue weighted by Gasteiger charge is -2.05. The molecule has 1 amide bonds. The van der Waals surface area contributed by atoms with Crippen LogP contribution in [0.5, 0.6) is 0 Å². The fraction of sp³-hybridized carbons (Fsp3) is 0. The number of aromatic carboxylic acids is 1. The normalized spacial score (nSPS) is 10.6. The fourth-order valence-electron chi connectivity index (χ4n) is 2.27. The van der Waals surface area contributed by atoms with Crippen LogP contribution < -0.4 is 5.32 Å². The molecule has 2 N–H and O–H groups in total. The fourth-order valence-corrected chi connectivity index (χ4v) is 3.06. The van der Waals surface area contributed by atoms with Crippen molar-refractivity contribution in [1.82, 2.24) is 0 Å². The molecule has 0 aliphatic heterocycles. The van der Waals surface area contributed by atoms with Gasteiger partial charge in [0.1, 0.15) is 5.76 Å². The zero-order valence-electron chi connectivity index (χ0n) is 12.9. The first-order chi connectivity index (χ1) is 12.3. The highest BCUT2D eigenvalue weighted by Crippen LogP contribution is 2.29. The predicted octanol–water partition coefficient (Wildman–Crippen LogP) is 5.86. The van der Waals surface area contributed by atoms with Crippen LogP contribution in [-0.2, 0) is 0 Å². The van der Waals surface area contributed by atoms with E-state index >= 15 is 0 Å². The van der Waals surface area contributed by atoms with Crippen LogP contribution >= 0.6 is 34.8 Å². The summed E-state index contributed by atoms with van der Waals surface area (Å²) < 4.78 is 5.55. The Morgan fingerprint density at radius 1 is 0.923 bits per heavy atom. The van der Waals surface area contributed by atoms with E-state index in [1.54, 1.807) is 24.3 Å². The van der Waals surface area contributed by atoms with Crippen LogP contribution in [0.3, 0.4) is 0 Å². The lowest BCUT2D eigenvalue weighted by molar-refractivity contribution is 0.0697. The number of anilines is 1. The first-order valence-electron chi connectivity index (χ1n) is 7.24. The van der Waals surface area contributed by atoms with Crippen molar-refractivity contribution in [2.24, 2.45) is 0 Å². The second kappa shape index (κ2) is 7.41. The zero-order valence-corrected chi connectivity index (χ0v) is 15.2. The van der Waals surface area contributed by atoms with Gasteiger partial charge in [0.05, 0.1) is 10.6 Å². The number of hydrogen-bond donors (Lipinski definition) is 2. The summed E-state index contributed by atoms with van der Waals surface area (Å²) in [6.45, 7) is 0. The summed E-state index contributed by atoms with van der Waals surface area (Å²) >= 11 is 17.8. The van der Waals surface area contributed by atoms with Gasteiger partial charge in [0, 0.05) is 21.3 Å². The molecule has 0 aliphatic rings. The third-order valence-corrected chi connectivity index (χ3v) is 4.18. The number of furan rings is 1. The average molecular weight is 411 g/mol. The summed E-state index contributed by atoms with van der Waals surface area (Å²) in [6, 6.07) is 12.1. The zero-order chi connectivity index (χ0) is 18.8. The predicted molar refractivity (Wildman–Crippen MR) is 101 cm³/mol. The molecule has 132 valence electrons. The minimum atomic E-state index is -1.15. The van der Waals surface area contributed by atoms with Crippen molar-refractivity contribution in [2.45, 2.75) is 0 Å².